The number of imide groups is 2. The summed E-state index contributed by atoms with van der Waals surface area (Å²) in [7, 11) is 0. The van der Waals surface area contributed by atoms with Gasteiger partial charge in [-0.25, -0.2) is 0 Å². The smallest absolute Gasteiger partial charge is 0.278 e. The summed E-state index contributed by atoms with van der Waals surface area (Å²) < 4.78 is 14.1. The molecule has 2 aromatic heterocycles. The Morgan fingerprint density at radius 1 is 0.968 bits per heavy atom. The van der Waals surface area contributed by atoms with Gasteiger partial charge in [0.2, 0.25) is 11.8 Å². The summed E-state index contributed by atoms with van der Waals surface area (Å²) in [4.78, 5) is 70.3. The van der Waals surface area contributed by atoms with Crippen molar-refractivity contribution in [1.29, 1.82) is 5.26 Å². The van der Waals surface area contributed by atoms with Gasteiger partial charge in [0, 0.05) is 68.1 Å². The molecule has 1 spiro atoms. The fourth-order valence-corrected chi connectivity index (χ4v) is 10.1. The minimum atomic E-state index is -1.01. The fourth-order valence-electron chi connectivity index (χ4n) is 9.94. The maximum Gasteiger partial charge on any atom is 0.278 e. The molecule has 4 aromatic rings. The Morgan fingerprint density at radius 3 is 2.52 bits per heavy atom. The minimum absolute atomic E-state index is 0.0150. The number of benzene rings is 2. The highest BCUT2D eigenvalue weighted by Gasteiger charge is 2.48. The monoisotopic (exact) mass is 861 g/mol. The number of nitriles is 1. The van der Waals surface area contributed by atoms with Crippen molar-refractivity contribution in [3.63, 3.8) is 0 Å². The Morgan fingerprint density at radius 2 is 1.77 bits per heavy atom. The number of aryl methyl sites for hydroxylation is 1. The van der Waals surface area contributed by atoms with E-state index < -0.39 is 29.7 Å². The molecule has 5 aliphatic rings. The van der Waals surface area contributed by atoms with Crippen molar-refractivity contribution in [1.82, 2.24) is 35.2 Å². The molecule has 322 valence electrons. The van der Waals surface area contributed by atoms with Crippen LogP contribution in [-0.4, -0.2) is 112 Å². The van der Waals surface area contributed by atoms with Crippen LogP contribution in [0, 0.1) is 16.7 Å². The zero-order valence-corrected chi connectivity index (χ0v) is 35.3. The van der Waals surface area contributed by atoms with Crippen LogP contribution in [0.4, 0.5) is 5.82 Å². The van der Waals surface area contributed by atoms with E-state index >= 15 is 0 Å². The molecule has 6 heterocycles. The van der Waals surface area contributed by atoms with E-state index in [-0.39, 0.29) is 47.6 Å². The molecule has 4 fully saturated rings. The van der Waals surface area contributed by atoms with Gasteiger partial charge in [-0.15, -0.1) is 10.2 Å². The molecule has 0 bridgehead atoms. The fraction of sp³-hybridized carbons (Fsp3) is 0.467. The average Bonchev–Trinajstić information content (AvgIpc) is 4.03. The molecule has 4 aliphatic heterocycles. The van der Waals surface area contributed by atoms with E-state index in [2.05, 4.69) is 36.7 Å². The van der Waals surface area contributed by atoms with Gasteiger partial charge in [0.1, 0.15) is 29.3 Å². The van der Waals surface area contributed by atoms with E-state index in [1.54, 1.807) is 34.9 Å². The van der Waals surface area contributed by atoms with Crippen LogP contribution in [0.3, 0.4) is 0 Å². The second-order valence-electron chi connectivity index (χ2n) is 17.1. The molecule has 2 atom stereocenters. The second kappa shape index (κ2) is 17.0. The van der Waals surface area contributed by atoms with Crippen molar-refractivity contribution in [2.75, 3.05) is 44.2 Å². The van der Waals surface area contributed by atoms with Gasteiger partial charge in [0.15, 0.2) is 11.5 Å². The highest BCUT2D eigenvalue weighted by atomic mass is 35.5. The van der Waals surface area contributed by atoms with Gasteiger partial charge in [-0.3, -0.25) is 34.2 Å². The van der Waals surface area contributed by atoms with Crippen LogP contribution in [-0.2, 0) is 16.1 Å². The highest BCUT2D eigenvalue weighted by Crippen LogP contribution is 2.41. The highest BCUT2D eigenvalue weighted by molar-refractivity contribution is 6.32. The number of rotatable bonds is 12. The van der Waals surface area contributed by atoms with E-state index in [1.807, 2.05) is 25.1 Å². The van der Waals surface area contributed by atoms with Crippen molar-refractivity contribution < 1.29 is 33.4 Å². The Hall–Kier alpha value is -6.05. The summed E-state index contributed by atoms with van der Waals surface area (Å²) in [6.07, 6.45) is 6.33. The van der Waals surface area contributed by atoms with Gasteiger partial charge in [-0.2, -0.15) is 5.26 Å². The number of carbonyl (C=O) groups is 5. The lowest BCUT2D eigenvalue weighted by atomic mass is 9.86. The van der Waals surface area contributed by atoms with Crippen LogP contribution in [0.15, 0.2) is 48.5 Å². The van der Waals surface area contributed by atoms with Gasteiger partial charge in [-0.05, 0) is 101 Å². The van der Waals surface area contributed by atoms with Crippen LogP contribution < -0.4 is 25.0 Å². The third-order valence-electron chi connectivity index (χ3n) is 13.2. The minimum Gasteiger partial charge on any atom is -0.493 e. The van der Waals surface area contributed by atoms with E-state index in [0.29, 0.717) is 46.3 Å². The molecule has 0 radical (unpaired) electrons. The Balaban J connectivity index is 0.720. The first-order chi connectivity index (χ1) is 30.0. The number of halogens is 1. The molecule has 2 N–H and O–H groups in total. The molecule has 1 saturated carbocycles. The van der Waals surface area contributed by atoms with Crippen molar-refractivity contribution in [2.45, 2.75) is 89.4 Å². The first-order valence-corrected chi connectivity index (χ1v) is 21.9. The number of likely N-dealkylation sites (tertiary alicyclic amines) is 1. The van der Waals surface area contributed by atoms with Crippen molar-refractivity contribution >= 4 is 57.9 Å². The zero-order chi connectivity index (χ0) is 43.1. The predicted molar refractivity (Wildman–Crippen MR) is 227 cm³/mol. The Labute approximate surface area is 363 Å². The molecular weight excluding hydrogens is 814 g/mol. The lowest BCUT2D eigenvalue weighted by molar-refractivity contribution is -0.136. The predicted octanol–water partition coefficient (Wildman–Crippen LogP) is 4.87. The number of anilines is 1. The van der Waals surface area contributed by atoms with Crippen molar-refractivity contribution in [3.05, 3.63) is 76.1 Å². The molecule has 2 aromatic carbocycles. The van der Waals surface area contributed by atoms with Crippen LogP contribution in [0.5, 0.6) is 11.5 Å². The number of amides is 5. The maximum absolute atomic E-state index is 13.6. The molecule has 1 aliphatic carbocycles. The molecular formula is C45H48ClN9O7. The van der Waals surface area contributed by atoms with E-state index in [4.69, 9.17) is 26.3 Å². The lowest BCUT2D eigenvalue weighted by Gasteiger charge is -2.29. The number of aromatic nitrogens is 3. The molecule has 2 unspecified atom stereocenters. The van der Waals surface area contributed by atoms with Crippen molar-refractivity contribution in [2.24, 2.45) is 5.41 Å². The van der Waals surface area contributed by atoms with E-state index in [1.165, 1.54) is 0 Å². The molecule has 16 nitrogen and oxygen atoms in total. The Bertz CT molecular complexity index is 2490. The molecule has 17 heteroatoms. The summed E-state index contributed by atoms with van der Waals surface area (Å²) in [5.74, 6) is -0.229. The number of carbonyl (C=O) groups excluding carboxylic acids is 5. The third-order valence-corrected chi connectivity index (χ3v) is 13.5. The number of hydrogen-bond donors (Lipinski definition) is 2. The van der Waals surface area contributed by atoms with Gasteiger partial charge < -0.3 is 29.2 Å². The molecule has 3 saturated heterocycles. The Kier molecular flexibility index (Phi) is 11.3. The number of ether oxygens (including phenoxy) is 2. The van der Waals surface area contributed by atoms with Crippen LogP contribution in [0.2, 0.25) is 5.02 Å². The first kappa shape index (κ1) is 41.3. The average molecular weight is 862 g/mol. The molecule has 9 rings (SSSR count). The quantitative estimate of drug-likeness (QED) is 0.145. The number of fused-ring (bicyclic) bond motifs is 3. The van der Waals surface area contributed by atoms with E-state index in [0.717, 1.165) is 93.9 Å². The lowest BCUT2D eigenvalue weighted by Crippen LogP contribution is -2.54. The number of nitrogens with zero attached hydrogens (tertiary/aromatic N) is 7. The van der Waals surface area contributed by atoms with Crippen molar-refractivity contribution in [3.8, 4) is 17.6 Å². The zero-order valence-electron chi connectivity index (χ0n) is 34.5. The second-order valence-corrected chi connectivity index (χ2v) is 17.5. The van der Waals surface area contributed by atoms with Gasteiger partial charge >= 0.3 is 0 Å². The SMILES string of the molecule is CCn1c2c(c3ccc(OCCCN4CCC5(CCN(c6ccc(C(=O)NC7CCC(Oc8ccc(C#N)c(Cl)c8)CC7)nn6)C5)C4)cc31)C(=O)N(C1CCC(=O)NC1=O)C2=O. The maximum atomic E-state index is 13.6. The first-order valence-electron chi connectivity index (χ1n) is 21.5. The van der Waals surface area contributed by atoms with Gasteiger partial charge in [0.05, 0.1) is 34.4 Å². The summed E-state index contributed by atoms with van der Waals surface area (Å²) in [6, 6.07) is 15.3. The summed E-state index contributed by atoms with van der Waals surface area (Å²) >= 11 is 6.16. The number of piperidine rings is 1. The number of nitrogens with one attached hydrogen (secondary N) is 2. The molecule has 5 amide bonds. The van der Waals surface area contributed by atoms with Gasteiger partial charge in [0.25, 0.3) is 17.7 Å². The standard InChI is InChI=1S/C45H48ClN9O7/c1-2-54-36-23-30(10-11-32(36)39-40(54)44(60)55(43(39)59)35-13-15-38(56)49-42(35)58)61-21-3-18-52-19-16-45(25-52)17-20-53(26-45)37-14-12-34(50-51-37)41(57)48-28-5-8-29(9-6-28)62-31-7-4-27(24-47)33(46)22-31/h4,7,10-12,14,22-23,28-29,35H,2-3,5-6,8-9,13,15-21,25-26H2,1H3,(H,48,57)(H,49,56,58). The van der Waals surface area contributed by atoms with Crippen LogP contribution in [0.25, 0.3) is 10.9 Å². The number of hydrogen-bond acceptors (Lipinski definition) is 12. The molecule has 62 heavy (non-hydrogen) atoms. The largest absolute Gasteiger partial charge is 0.493 e. The van der Waals surface area contributed by atoms with E-state index in [9.17, 15) is 24.0 Å². The van der Waals surface area contributed by atoms with Gasteiger partial charge in [-0.1, -0.05) is 11.6 Å². The normalized spacial score (nSPS) is 23.9. The van der Waals surface area contributed by atoms with Crippen LogP contribution in [0.1, 0.15) is 102 Å². The summed E-state index contributed by atoms with van der Waals surface area (Å²) in [6.45, 7) is 7.53. The van der Waals surface area contributed by atoms with Crippen LogP contribution >= 0.6 is 11.6 Å². The summed E-state index contributed by atoms with van der Waals surface area (Å²) in [5, 5.41) is 24.3. The summed E-state index contributed by atoms with van der Waals surface area (Å²) in [5.41, 5.74) is 2.16. The topological polar surface area (TPSA) is 192 Å². The third kappa shape index (κ3) is 7.95.